The quantitative estimate of drug-likeness (QED) is 0.626. The Bertz CT molecular complexity index is 890. The number of benzene rings is 2. The molecule has 0 radical (unpaired) electrons. The summed E-state index contributed by atoms with van der Waals surface area (Å²) in [6, 6.07) is 13.4. The SMILES string of the molecule is O=C(NCCOc1ccc(C(F)(F)F)cc1)c1ccc(Cn2cccn2)cc1. The van der Waals surface area contributed by atoms with Crippen LogP contribution in [0.5, 0.6) is 5.75 Å². The minimum atomic E-state index is -4.37. The zero-order valence-corrected chi connectivity index (χ0v) is 14.8. The summed E-state index contributed by atoms with van der Waals surface area (Å²) >= 11 is 0. The highest BCUT2D eigenvalue weighted by atomic mass is 19.4. The van der Waals surface area contributed by atoms with E-state index in [9.17, 15) is 18.0 Å². The van der Waals surface area contributed by atoms with E-state index in [0.717, 1.165) is 17.7 Å². The number of halogens is 3. The van der Waals surface area contributed by atoms with Crippen molar-refractivity contribution in [1.82, 2.24) is 15.1 Å². The molecule has 28 heavy (non-hydrogen) atoms. The number of nitrogens with one attached hydrogen (secondary N) is 1. The molecule has 0 unspecified atom stereocenters. The first-order chi connectivity index (χ1) is 13.4. The first-order valence-corrected chi connectivity index (χ1v) is 8.56. The van der Waals surface area contributed by atoms with Crippen LogP contribution in [0.4, 0.5) is 13.2 Å². The smallest absolute Gasteiger partial charge is 0.416 e. The first kappa shape index (κ1) is 19.5. The van der Waals surface area contributed by atoms with E-state index in [1.165, 1.54) is 12.1 Å². The average molecular weight is 389 g/mol. The van der Waals surface area contributed by atoms with Gasteiger partial charge in [0.15, 0.2) is 0 Å². The van der Waals surface area contributed by atoms with Crippen molar-refractivity contribution in [3.63, 3.8) is 0 Å². The summed E-state index contributed by atoms with van der Waals surface area (Å²) in [5, 5.41) is 6.84. The van der Waals surface area contributed by atoms with Crippen molar-refractivity contribution in [1.29, 1.82) is 0 Å². The maximum Gasteiger partial charge on any atom is 0.416 e. The first-order valence-electron chi connectivity index (χ1n) is 8.56. The Hall–Kier alpha value is -3.29. The highest BCUT2D eigenvalue weighted by molar-refractivity contribution is 5.94. The van der Waals surface area contributed by atoms with Crippen LogP contribution < -0.4 is 10.1 Å². The van der Waals surface area contributed by atoms with Crippen LogP contribution in [0, 0.1) is 0 Å². The van der Waals surface area contributed by atoms with Crippen LogP contribution in [0.15, 0.2) is 67.0 Å². The highest BCUT2D eigenvalue weighted by Gasteiger charge is 2.29. The van der Waals surface area contributed by atoms with Crippen LogP contribution in [-0.2, 0) is 12.7 Å². The lowest BCUT2D eigenvalue weighted by molar-refractivity contribution is -0.137. The van der Waals surface area contributed by atoms with E-state index in [4.69, 9.17) is 4.74 Å². The molecule has 1 heterocycles. The van der Waals surface area contributed by atoms with Crippen LogP contribution in [0.3, 0.4) is 0 Å². The van der Waals surface area contributed by atoms with Crippen LogP contribution in [0.2, 0.25) is 0 Å². The van der Waals surface area contributed by atoms with Gasteiger partial charge in [-0.05, 0) is 48.0 Å². The Morgan fingerprint density at radius 3 is 2.39 bits per heavy atom. The number of aromatic nitrogens is 2. The number of ether oxygens (including phenoxy) is 1. The van der Waals surface area contributed by atoms with Crippen LogP contribution in [-0.4, -0.2) is 28.8 Å². The van der Waals surface area contributed by atoms with Crippen LogP contribution in [0.1, 0.15) is 21.5 Å². The number of carbonyl (C=O) groups is 1. The van der Waals surface area contributed by atoms with E-state index in [1.54, 1.807) is 23.0 Å². The molecule has 3 aromatic rings. The monoisotopic (exact) mass is 389 g/mol. The fourth-order valence-corrected chi connectivity index (χ4v) is 2.52. The van der Waals surface area contributed by atoms with Crippen LogP contribution in [0.25, 0.3) is 0 Å². The number of hydrogen-bond donors (Lipinski definition) is 1. The van der Waals surface area contributed by atoms with E-state index in [1.807, 2.05) is 24.4 Å². The third-order valence-corrected chi connectivity index (χ3v) is 3.96. The Kier molecular flexibility index (Phi) is 5.98. The summed E-state index contributed by atoms with van der Waals surface area (Å²) in [4.78, 5) is 12.1. The molecule has 3 rings (SSSR count). The van der Waals surface area contributed by atoms with Gasteiger partial charge in [0.25, 0.3) is 5.91 Å². The molecule has 2 aromatic carbocycles. The summed E-state index contributed by atoms with van der Waals surface area (Å²) in [5.41, 5.74) is 0.800. The molecule has 0 bridgehead atoms. The number of alkyl halides is 3. The zero-order chi connectivity index (χ0) is 20.0. The predicted molar refractivity (Wildman–Crippen MR) is 97.0 cm³/mol. The molecule has 1 N–H and O–H groups in total. The van der Waals surface area contributed by atoms with Crippen LogP contribution >= 0.6 is 0 Å². The molecule has 0 atom stereocenters. The van der Waals surface area contributed by atoms with Gasteiger partial charge in [-0.15, -0.1) is 0 Å². The third kappa shape index (κ3) is 5.35. The predicted octanol–water partition coefficient (Wildman–Crippen LogP) is 3.76. The molecule has 1 amide bonds. The van der Waals surface area contributed by atoms with E-state index in [2.05, 4.69) is 10.4 Å². The second-order valence-corrected chi connectivity index (χ2v) is 6.03. The molecular weight excluding hydrogens is 371 g/mol. The van der Waals surface area contributed by atoms with Gasteiger partial charge >= 0.3 is 6.18 Å². The molecule has 0 aliphatic heterocycles. The summed E-state index contributed by atoms with van der Waals surface area (Å²) in [5.74, 6) is 0.0619. The van der Waals surface area contributed by atoms with Gasteiger partial charge in [0.05, 0.1) is 18.7 Å². The molecule has 0 saturated carbocycles. The second kappa shape index (κ2) is 8.60. The minimum absolute atomic E-state index is 0.147. The van der Waals surface area contributed by atoms with Crippen molar-refractivity contribution < 1.29 is 22.7 Å². The Morgan fingerprint density at radius 2 is 1.79 bits per heavy atom. The number of amides is 1. The zero-order valence-electron chi connectivity index (χ0n) is 14.8. The number of hydrogen-bond acceptors (Lipinski definition) is 3. The molecule has 5 nitrogen and oxygen atoms in total. The molecule has 0 fully saturated rings. The molecule has 1 aromatic heterocycles. The minimum Gasteiger partial charge on any atom is -0.492 e. The van der Waals surface area contributed by atoms with Gasteiger partial charge in [0, 0.05) is 18.0 Å². The summed E-state index contributed by atoms with van der Waals surface area (Å²) < 4.78 is 44.6. The van der Waals surface area contributed by atoms with Gasteiger partial charge in [-0.2, -0.15) is 18.3 Å². The standard InChI is InChI=1S/C20H18F3N3O2/c21-20(22,23)17-6-8-18(9-7-17)28-13-11-24-19(27)16-4-2-15(3-5-16)14-26-12-1-10-25-26/h1-10,12H,11,13-14H2,(H,24,27). The second-order valence-electron chi connectivity index (χ2n) is 6.03. The highest BCUT2D eigenvalue weighted by Crippen LogP contribution is 2.30. The Labute approximate surface area is 159 Å². The lowest BCUT2D eigenvalue weighted by atomic mass is 10.1. The molecule has 0 spiro atoms. The van der Waals surface area contributed by atoms with Crippen molar-refractivity contribution in [3.05, 3.63) is 83.7 Å². The maximum absolute atomic E-state index is 12.5. The number of nitrogens with zero attached hydrogens (tertiary/aromatic N) is 2. The van der Waals surface area contributed by atoms with Crippen molar-refractivity contribution in [2.45, 2.75) is 12.7 Å². The summed E-state index contributed by atoms with van der Waals surface area (Å²) in [6.45, 7) is 0.999. The molecule has 146 valence electrons. The fraction of sp³-hybridized carbons (Fsp3) is 0.200. The summed E-state index contributed by atoms with van der Waals surface area (Å²) in [6.07, 6.45) is -0.813. The van der Waals surface area contributed by atoms with Crippen molar-refractivity contribution in [3.8, 4) is 5.75 Å². The molecule has 8 heteroatoms. The third-order valence-electron chi connectivity index (χ3n) is 3.96. The average Bonchev–Trinajstić information content (AvgIpc) is 3.18. The van der Waals surface area contributed by atoms with Gasteiger partial charge in [-0.1, -0.05) is 12.1 Å². The van der Waals surface area contributed by atoms with E-state index < -0.39 is 11.7 Å². The molecular formula is C20H18F3N3O2. The lowest BCUT2D eigenvalue weighted by Gasteiger charge is -2.10. The largest absolute Gasteiger partial charge is 0.492 e. The maximum atomic E-state index is 12.5. The van der Waals surface area contributed by atoms with E-state index >= 15 is 0 Å². The van der Waals surface area contributed by atoms with Crippen molar-refractivity contribution in [2.24, 2.45) is 0 Å². The van der Waals surface area contributed by atoms with Crippen molar-refractivity contribution in [2.75, 3.05) is 13.2 Å². The molecule has 0 saturated heterocycles. The Balaban J connectivity index is 1.43. The topological polar surface area (TPSA) is 56.1 Å². The molecule has 0 aliphatic rings. The lowest BCUT2D eigenvalue weighted by Crippen LogP contribution is -2.28. The summed E-state index contributed by atoms with van der Waals surface area (Å²) in [7, 11) is 0. The van der Waals surface area contributed by atoms with E-state index in [0.29, 0.717) is 17.9 Å². The van der Waals surface area contributed by atoms with Gasteiger partial charge in [-0.25, -0.2) is 0 Å². The number of carbonyl (C=O) groups excluding carboxylic acids is 1. The number of rotatable bonds is 7. The van der Waals surface area contributed by atoms with Gasteiger partial charge < -0.3 is 10.1 Å². The normalized spacial score (nSPS) is 11.2. The van der Waals surface area contributed by atoms with Gasteiger partial charge in [0.2, 0.25) is 0 Å². The van der Waals surface area contributed by atoms with Crippen molar-refractivity contribution >= 4 is 5.91 Å². The van der Waals surface area contributed by atoms with E-state index in [-0.39, 0.29) is 19.1 Å². The molecule has 0 aliphatic carbocycles. The van der Waals surface area contributed by atoms with Gasteiger partial charge in [-0.3, -0.25) is 9.48 Å². The van der Waals surface area contributed by atoms with Gasteiger partial charge in [0.1, 0.15) is 12.4 Å². The Morgan fingerprint density at radius 1 is 1.07 bits per heavy atom. The fourth-order valence-electron chi connectivity index (χ4n) is 2.52.